The van der Waals surface area contributed by atoms with E-state index in [0.717, 1.165) is 27.5 Å². The Morgan fingerprint density at radius 3 is 2.44 bits per heavy atom. The number of hydrogen-bond acceptors (Lipinski definition) is 3. The summed E-state index contributed by atoms with van der Waals surface area (Å²) in [5, 5.41) is 0.723. The molecule has 1 atom stereocenters. The fourth-order valence-corrected chi connectivity index (χ4v) is 2.04. The van der Waals surface area contributed by atoms with E-state index in [0.29, 0.717) is 6.54 Å². The van der Waals surface area contributed by atoms with Gasteiger partial charge in [0.05, 0.1) is 12.6 Å². The van der Waals surface area contributed by atoms with Crippen molar-refractivity contribution in [3.8, 4) is 5.75 Å². The van der Waals surface area contributed by atoms with Crippen LogP contribution in [0, 0.1) is 13.8 Å². The second-order valence-corrected chi connectivity index (χ2v) is 4.71. The SMILES string of the molecule is COc1cc(C)c(Cl)c(C)c1C(C)(N)CN. The zero-order chi connectivity index (χ0) is 12.5. The van der Waals surface area contributed by atoms with Crippen LogP contribution in [-0.4, -0.2) is 13.7 Å². The van der Waals surface area contributed by atoms with Crippen molar-refractivity contribution in [2.45, 2.75) is 26.3 Å². The standard InChI is InChI=1S/C12H19ClN2O/c1-7-5-9(16-4)10(8(2)11(7)13)12(3,15)6-14/h5H,6,14-15H2,1-4H3. The first-order valence-electron chi connectivity index (χ1n) is 5.18. The van der Waals surface area contributed by atoms with E-state index < -0.39 is 5.54 Å². The van der Waals surface area contributed by atoms with E-state index in [-0.39, 0.29) is 0 Å². The number of hydrogen-bond donors (Lipinski definition) is 2. The van der Waals surface area contributed by atoms with Crippen molar-refractivity contribution < 1.29 is 4.74 Å². The van der Waals surface area contributed by atoms with Crippen molar-refractivity contribution in [3.05, 3.63) is 27.8 Å². The first-order chi connectivity index (χ1) is 7.35. The Morgan fingerprint density at radius 2 is 2.00 bits per heavy atom. The van der Waals surface area contributed by atoms with Gasteiger partial charge in [0.25, 0.3) is 0 Å². The second kappa shape index (κ2) is 4.62. The Labute approximate surface area is 102 Å². The number of nitrogens with two attached hydrogens (primary N) is 2. The van der Waals surface area contributed by atoms with Crippen LogP contribution in [0.1, 0.15) is 23.6 Å². The van der Waals surface area contributed by atoms with E-state index in [9.17, 15) is 0 Å². The van der Waals surface area contributed by atoms with Gasteiger partial charge in [-0.05, 0) is 38.0 Å². The van der Waals surface area contributed by atoms with E-state index in [2.05, 4.69) is 0 Å². The van der Waals surface area contributed by atoms with Gasteiger partial charge in [0.1, 0.15) is 5.75 Å². The van der Waals surface area contributed by atoms with Crippen LogP contribution >= 0.6 is 11.6 Å². The van der Waals surface area contributed by atoms with E-state index in [1.807, 2.05) is 26.8 Å². The predicted octanol–water partition coefficient (Wildman–Crippen LogP) is 2.10. The molecular weight excluding hydrogens is 224 g/mol. The molecule has 90 valence electrons. The van der Waals surface area contributed by atoms with E-state index in [1.165, 1.54) is 0 Å². The van der Waals surface area contributed by atoms with Crippen molar-refractivity contribution in [2.24, 2.45) is 11.5 Å². The molecule has 1 unspecified atom stereocenters. The van der Waals surface area contributed by atoms with Crippen LogP contribution in [0.5, 0.6) is 5.75 Å². The molecule has 16 heavy (non-hydrogen) atoms. The monoisotopic (exact) mass is 242 g/mol. The number of halogens is 1. The molecule has 1 aromatic carbocycles. The van der Waals surface area contributed by atoms with Crippen LogP contribution < -0.4 is 16.2 Å². The molecule has 0 aliphatic carbocycles. The van der Waals surface area contributed by atoms with Crippen LogP contribution in [0.15, 0.2) is 6.07 Å². The fourth-order valence-electron chi connectivity index (χ4n) is 1.90. The van der Waals surface area contributed by atoms with Gasteiger partial charge in [0.15, 0.2) is 0 Å². The molecule has 1 aromatic rings. The number of benzene rings is 1. The number of aryl methyl sites for hydroxylation is 1. The van der Waals surface area contributed by atoms with Gasteiger partial charge in [-0.25, -0.2) is 0 Å². The maximum Gasteiger partial charge on any atom is 0.124 e. The molecule has 0 bridgehead atoms. The molecule has 0 saturated carbocycles. The zero-order valence-corrected chi connectivity index (χ0v) is 11.0. The molecule has 0 heterocycles. The lowest BCUT2D eigenvalue weighted by Gasteiger charge is -2.28. The first kappa shape index (κ1) is 13.3. The molecule has 0 aliphatic heterocycles. The fraction of sp³-hybridized carbons (Fsp3) is 0.500. The summed E-state index contributed by atoms with van der Waals surface area (Å²) >= 11 is 6.22. The Bertz CT molecular complexity index is 402. The molecule has 3 nitrogen and oxygen atoms in total. The lowest BCUT2D eigenvalue weighted by molar-refractivity contribution is 0.388. The molecule has 0 fully saturated rings. The largest absolute Gasteiger partial charge is 0.496 e. The summed E-state index contributed by atoms with van der Waals surface area (Å²) in [5.74, 6) is 0.745. The van der Waals surface area contributed by atoms with Gasteiger partial charge in [-0.2, -0.15) is 0 Å². The smallest absolute Gasteiger partial charge is 0.124 e. The molecule has 0 aromatic heterocycles. The molecule has 4 N–H and O–H groups in total. The van der Waals surface area contributed by atoms with E-state index in [1.54, 1.807) is 7.11 Å². The number of methoxy groups -OCH3 is 1. The molecule has 0 radical (unpaired) electrons. The lowest BCUT2D eigenvalue weighted by atomic mass is 9.87. The predicted molar refractivity (Wildman–Crippen MR) is 68.1 cm³/mol. The highest BCUT2D eigenvalue weighted by molar-refractivity contribution is 6.32. The van der Waals surface area contributed by atoms with Crippen molar-refractivity contribution >= 4 is 11.6 Å². The maximum atomic E-state index is 6.22. The molecular formula is C12H19ClN2O. The summed E-state index contributed by atoms with van der Waals surface area (Å²) in [7, 11) is 1.62. The summed E-state index contributed by atoms with van der Waals surface area (Å²) in [5.41, 5.74) is 14.0. The van der Waals surface area contributed by atoms with Crippen LogP contribution in [0.3, 0.4) is 0 Å². The Balaban J connectivity index is 3.53. The van der Waals surface area contributed by atoms with Crippen molar-refractivity contribution in [2.75, 3.05) is 13.7 Å². The number of rotatable bonds is 3. The van der Waals surface area contributed by atoms with Gasteiger partial charge in [-0.15, -0.1) is 0 Å². The highest BCUT2D eigenvalue weighted by Crippen LogP contribution is 2.36. The van der Waals surface area contributed by atoms with Crippen LogP contribution in [-0.2, 0) is 5.54 Å². The quantitative estimate of drug-likeness (QED) is 0.853. The molecule has 0 saturated heterocycles. The average molecular weight is 243 g/mol. The average Bonchev–Trinajstić information content (AvgIpc) is 2.24. The van der Waals surface area contributed by atoms with Gasteiger partial charge >= 0.3 is 0 Å². The van der Waals surface area contributed by atoms with E-state index >= 15 is 0 Å². The highest BCUT2D eigenvalue weighted by atomic mass is 35.5. The Morgan fingerprint density at radius 1 is 1.44 bits per heavy atom. The molecule has 1 rings (SSSR count). The minimum absolute atomic E-state index is 0.337. The van der Waals surface area contributed by atoms with Gasteiger partial charge in [-0.3, -0.25) is 0 Å². The third-order valence-electron chi connectivity index (χ3n) is 2.86. The van der Waals surface area contributed by atoms with E-state index in [4.69, 9.17) is 27.8 Å². The van der Waals surface area contributed by atoms with Gasteiger partial charge < -0.3 is 16.2 Å². The van der Waals surface area contributed by atoms with Crippen LogP contribution in [0.4, 0.5) is 0 Å². The second-order valence-electron chi connectivity index (χ2n) is 4.33. The lowest BCUT2D eigenvalue weighted by Crippen LogP contribution is -2.41. The summed E-state index contributed by atoms with van der Waals surface area (Å²) in [4.78, 5) is 0. The molecule has 4 heteroatoms. The topological polar surface area (TPSA) is 61.3 Å². The first-order valence-corrected chi connectivity index (χ1v) is 5.56. The summed E-state index contributed by atoms with van der Waals surface area (Å²) in [6.07, 6.45) is 0. The van der Waals surface area contributed by atoms with Crippen molar-refractivity contribution in [3.63, 3.8) is 0 Å². The normalized spacial score (nSPS) is 14.7. The van der Waals surface area contributed by atoms with Gasteiger partial charge in [0.2, 0.25) is 0 Å². The van der Waals surface area contributed by atoms with Crippen LogP contribution in [0.2, 0.25) is 5.02 Å². The molecule has 0 aliphatic rings. The summed E-state index contributed by atoms with van der Waals surface area (Å²) in [6, 6.07) is 1.89. The van der Waals surface area contributed by atoms with Crippen LogP contribution in [0.25, 0.3) is 0 Å². The zero-order valence-electron chi connectivity index (χ0n) is 10.2. The molecule has 0 amide bonds. The minimum atomic E-state index is -0.632. The summed E-state index contributed by atoms with van der Waals surface area (Å²) < 4.78 is 5.36. The Hall–Kier alpha value is -0.770. The summed E-state index contributed by atoms with van der Waals surface area (Å²) in [6.45, 7) is 6.10. The Kier molecular flexibility index (Phi) is 3.84. The third-order valence-corrected chi connectivity index (χ3v) is 3.44. The third kappa shape index (κ3) is 2.17. The van der Waals surface area contributed by atoms with Gasteiger partial charge in [0, 0.05) is 17.1 Å². The maximum absolute atomic E-state index is 6.22. The highest BCUT2D eigenvalue weighted by Gasteiger charge is 2.27. The number of ether oxygens (including phenoxy) is 1. The van der Waals surface area contributed by atoms with Gasteiger partial charge in [-0.1, -0.05) is 11.6 Å². The minimum Gasteiger partial charge on any atom is -0.496 e. The van der Waals surface area contributed by atoms with Crippen molar-refractivity contribution in [1.29, 1.82) is 0 Å². The molecule has 0 spiro atoms. The van der Waals surface area contributed by atoms with Crippen molar-refractivity contribution in [1.82, 2.24) is 0 Å².